The number of nitrogens with zero attached hydrogens (tertiary/aromatic N) is 1. The van der Waals surface area contributed by atoms with Crippen molar-refractivity contribution in [2.75, 3.05) is 29.0 Å². The topological polar surface area (TPSA) is 67.6 Å². The number of benzene rings is 3. The molecule has 4 rings (SSSR count). The number of nitrogens with one attached hydrogen (secondary N) is 1. The lowest BCUT2D eigenvalue weighted by molar-refractivity contribution is -0.115. The van der Waals surface area contributed by atoms with Gasteiger partial charge >= 0.3 is 0 Å². The molecule has 0 spiro atoms. The lowest BCUT2D eigenvalue weighted by Gasteiger charge is -2.35. The van der Waals surface area contributed by atoms with Crippen LogP contribution in [0.5, 0.6) is 5.75 Å². The van der Waals surface area contributed by atoms with Gasteiger partial charge in [-0.05, 0) is 30.0 Å². The van der Waals surface area contributed by atoms with Crippen LogP contribution >= 0.6 is 0 Å². The lowest BCUT2D eigenvalue weighted by Crippen LogP contribution is -2.43. The van der Waals surface area contributed by atoms with Crippen molar-refractivity contribution >= 4 is 33.7 Å². The average molecular weight is 361 g/mol. The molecule has 0 aliphatic carbocycles. The molecular formula is C22H23N3O2. The van der Waals surface area contributed by atoms with Crippen molar-refractivity contribution in [1.82, 2.24) is 0 Å². The second-order valence-electron chi connectivity index (χ2n) is 6.83. The van der Waals surface area contributed by atoms with E-state index >= 15 is 0 Å². The Hall–Kier alpha value is -3.21. The molecule has 5 nitrogen and oxygen atoms in total. The Kier molecular flexibility index (Phi) is 4.59. The first-order chi connectivity index (χ1) is 13.1. The number of carbonyl (C=O) groups excluding carboxylic acids is 1. The molecule has 0 fully saturated rings. The van der Waals surface area contributed by atoms with Gasteiger partial charge in [-0.2, -0.15) is 0 Å². The van der Waals surface area contributed by atoms with Gasteiger partial charge in [-0.25, -0.2) is 0 Å². The second kappa shape index (κ2) is 7.19. The molecule has 5 heteroatoms. The van der Waals surface area contributed by atoms with Crippen molar-refractivity contribution in [2.45, 2.75) is 19.4 Å². The highest BCUT2D eigenvalue weighted by atomic mass is 16.5. The number of hydrogen-bond acceptors (Lipinski definition) is 4. The van der Waals surface area contributed by atoms with Crippen LogP contribution < -0.4 is 20.7 Å². The fourth-order valence-corrected chi connectivity index (χ4v) is 3.51. The third-order valence-electron chi connectivity index (χ3n) is 4.90. The molecule has 3 aromatic carbocycles. The molecule has 0 saturated heterocycles. The minimum absolute atomic E-state index is 0.0460. The van der Waals surface area contributed by atoms with Crippen LogP contribution in [-0.4, -0.2) is 25.1 Å². The third-order valence-corrected chi connectivity index (χ3v) is 4.90. The highest BCUT2D eigenvalue weighted by molar-refractivity contribution is 6.03. The standard InChI is InChI=1S/C22H23N3O2/c1-2-17-13-25(20-11-10-16(23)12-21(20)27-17)14-22(26)24-19-9-5-7-15-6-3-4-8-18(15)19/h3-12,17H,2,13-14,23H2,1H3,(H,24,26). The first-order valence-corrected chi connectivity index (χ1v) is 9.23. The normalized spacial score (nSPS) is 15.9. The van der Waals surface area contributed by atoms with Crippen molar-refractivity contribution in [3.63, 3.8) is 0 Å². The maximum Gasteiger partial charge on any atom is 0.243 e. The van der Waals surface area contributed by atoms with E-state index in [4.69, 9.17) is 10.5 Å². The fourth-order valence-electron chi connectivity index (χ4n) is 3.51. The van der Waals surface area contributed by atoms with Gasteiger partial charge in [0.2, 0.25) is 5.91 Å². The quantitative estimate of drug-likeness (QED) is 0.688. The van der Waals surface area contributed by atoms with Crippen LogP contribution in [0.1, 0.15) is 13.3 Å². The van der Waals surface area contributed by atoms with Crippen molar-refractivity contribution < 1.29 is 9.53 Å². The SMILES string of the molecule is CCC1CN(CC(=O)Nc2cccc3ccccc23)c2ccc(N)cc2O1. The Bertz CT molecular complexity index is 981. The molecule has 1 aliphatic heterocycles. The first-order valence-electron chi connectivity index (χ1n) is 9.23. The molecule has 1 unspecified atom stereocenters. The number of ether oxygens (including phenoxy) is 1. The summed E-state index contributed by atoms with van der Waals surface area (Å²) in [5.74, 6) is 0.692. The van der Waals surface area contributed by atoms with E-state index in [-0.39, 0.29) is 18.6 Å². The zero-order chi connectivity index (χ0) is 18.8. The van der Waals surface area contributed by atoms with Crippen LogP contribution in [0.2, 0.25) is 0 Å². The van der Waals surface area contributed by atoms with Crippen molar-refractivity contribution in [2.24, 2.45) is 0 Å². The number of hydrogen-bond donors (Lipinski definition) is 2. The maximum atomic E-state index is 12.8. The molecule has 0 aromatic heterocycles. The van der Waals surface area contributed by atoms with E-state index in [1.54, 1.807) is 0 Å². The first kappa shape index (κ1) is 17.2. The van der Waals surface area contributed by atoms with Gasteiger partial charge in [-0.15, -0.1) is 0 Å². The Morgan fingerprint density at radius 2 is 2.00 bits per heavy atom. The van der Waals surface area contributed by atoms with E-state index in [0.717, 1.165) is 34.3 Å². The van der Waals surface area contributed by atoms with Crippen molar-refractivity contribution in [3.05, 3.63) is 60.7 Å². The predicted octanol–water partition coefficient (Wildman–Crippen LogP) is 4.04. The van der Waals surface area contributed by atoms with Crippen molar-refractivity contribution in [3.8, 4) is 5.75 Å². The Labute approximate surface area is 158 Å². The largest absolute Gasteiger partial charge is 0.486 e. The molecule has 0 saturated carbocycles. The number of anilines is 3. The van der Waals surface area contributed by atoms with E-state index in [0.29, 0.717) is 12.2 Å². The smallest absolute Gasteiger partial charge is 0.243 e. The highest BCUT2D eigenvalue weighted by Gasteiger charge is 2.26. The molecule has 1 heterocycles. The van der Waals surface area contributed by atoms with E-state index in [9.17, 15) is 4.79 Å². The summed E-state index contributed by atoms with van der Waals surface area (Å²) in [4.78, 5) is 14.8. The lowest BCUT2D eigenvalue weighted by atomic mass is 10.1. The molecule has 27 heavy (non-hydrogen) atoms. The van der Waals surface area contributed by atoms with Gasteiger partial charge in [0.25, 0.3) is 0 Å². The summed E-state index contributed by atoms with van der Waals surface area (Å²) >= 11 is 0. The number of carbonyl (C=O) groups is 1. The summed E-state index contributed by atoms with van der Waals surface area (Å²) in [5.41, 5.74) is 8.28. The van der Waals surface area contributed by atoms with Gasteiger partial charge < -0.3 is 20.7 Å². The van der Waals surface area contributed by atoms with E-state index in [1.807, 2.05) is 60.7 Å². The van der Waals surface area contributed by atoms with E-state index < -0.39 is 0 Å². The van der Waals surface area contributed by atoms with Crippen LogP contribution in [0.3, 0.4) is 0 Å². The van der Waals surface area contributed by atoms with Gasteiger partial charge in [0, 0.05) is 22.8 Å². The summed E-state index contributed by atoms with van der Waals surface area (Å²) in [5, 5.41) is 5.20. The predicted molar refractivity (Wildman–Crippen MR) is 110 cm³/mol. The number of nitrogens with two attached hydrogens (primary N) is 1. The van der Waals surface area contributed by atoms with E-state index in [1.165, 1.54) is 0 Å². The summed E-state index contributed by atoms with van der Waals surface area (Å²) < 4.78 is 6.00. The molecule has 3 N–H and O–H groups in total. The molecule has 138 valence electrons. The van der Waals surface area contributed by atoms with Crippen LogP contribution in [0.15, 0.2) is 60.7 Å². The second-order valence-corrected chi connectivity index (χ2v) is 6.83. The number of fused-ring (bicyclic) bond motifs is 2. The molecular weight excluding hydrogens is 338 g/mol. The van der Waals surface area contributed by atoms with Gasteiger partial charge in [0.15, 0.2) is 0 Å². The van der Waals surface area contributed by atoms with Crippen LogP contribution in [0.25, 0.3) is 10.8 Å². The van der Waals surface area contributed by atoms with Crippen molar-refractivity contribution in [1.29, 1.82) is 0 Å². The summed E-state index contributed by atoms with van der Waals surface area (Å²) in [6.07, 6.45) is 0.917. The molecule has 0 bridgehead atoms. The van der Waals surface area contributed by atoms with Gasteiger partial charge in [-0.1, -0.05) is 43.3 Å². The molecule has 1 atom stereocenters. The number of amides is 1. The molecule has 1 amide bonds. The highest BCUT2D eigenvalue weighted by Crippen LogP contribution is 2.35. The zero-order valence-electron chi connectivity index (χ0n) is 15.3. The van der Waals surface area contributed by atoms with Gasteiger partial charge in [0.05, 0.1) is 18.8 Å². The van der Waals surface area contributed by atoms with Gasteiger partial charge in [0.1, 0.15) is 11.9 Å². The average Bonchev–Trinajstić information content (AvgIpc) is 2.67. The van der Waals surface area contributed by atoms with Crippen LogP contribution in [0.4, 0.5) is 17.1 Å². The number of nitrogen functional groups attached to an aromatic ring is 1. The monoisotopic (exact) mass is 361 g/mol. The van der Waals surface area contributed by atoms with Crippen LogP contribution in [0, 0.1) is 0 Å². The maximum absolute atomic E-state index is 12.8. The fraction of sp³-hybridized carbons (Fsp3) is 0.227. The summed E-state index contributed by atoms with van der Waals surface area (Å²) in [7, 11) is 0. The third kappa shape index (κ3) is 3.53. The molecule has 3 aromatic rings. The number of rotatable bonds is 4. The zero-order valence-corrected chi connectivity index (χ0v) is 15.3. The molecule has 1 aliphatic rings. The Morgan fingerprint density at radius 1 is 1.19 bits per heavy atom. The molecule has 0 radical (unpaired) electrons. The van der Waals surface area contributed by atoms with Crippen LogP contribution in [-0.2, 0) is 4.79 Å². The Morgan fingerprint density at radius 3 is 2.85 bits per heavy atom. The Balaban J connectivity index is 1.56. The van der Waals surface area contributed by atoms with Gasteiger partial charge in [-0.3, -0.25) is 4.79 Å². The van der Waals surface area contributed by atoms with E-state index in [2.05, 4.69) is 17.1 Å². The minimum atomic E-state index is -0.0501. The summed E-state index contributed by atoms with van der Waals surface area (Å²) in [6.45, 7) is 3.02. The minimum Gasteiger partial charge on any atom is -0.486 e. The summed E-state index contributed by atoms with van der Waals surface area (Å²) in [6, 6.07) is 19.5.